The lowest BCUT2D eigenvalue weighted by Gasteiger charge is -2.13. The minimum absolute atomic E-state index is 0.132. The summed E-state index contributed by atoms with van der Waals surface area (Å²) in [6.45, 7) is 4.45. The van der Waals surface area contributed by atoms with Crippen molar-refractivity contribution in [2.75, 3.05) is 13.1 Å². The Bertz CT molecular complexity index is 349. The molecule has 8 heteroatoms. The van der Waals surface area contributed by atoms with Gasteiger partial charge in [0.15, 0.2) is 0 Å². The second-order valence-electron chi connectivity index (χ2n) is 4.20. The van der Waals surface area contributed by atoms with Crippen LogP contribution in [0.2, 0.25) is 0 Å². The van der Waals surface area contributed by atoms with Gasteiger partial charge in [-0.2, -0.15) is 13.1 Å². The van der Waals surface area contributed by atoms with E-state index in [0.717, 1.165) is 19.4 Å². The molecule has 1 fully saturated rings. The third-order valence-corrected chi connectivity index (χ3v) is 3.22. The Morgan fingerprint density at radius 1 is 1.53 bits per heavy atom. The van der Waals surface area contributed by atoms with E-state index in [1.807, 2.05) is 0 Å². The molecule has 0 spiro atoms. The van der Waals surface area contributed by atoms with Crippen molar-refractivity contribution >= 4 is 16.3 Å². The largest absolute Gasteiger partial charge is 0.446 e. The summed E-state index contributed by atoms with van der Waals surface area (Å²) in [5.74, 6) is 0. The van der Waals surface area contributed by atoms with Crippen LogP contribution in [0.3, 0.4) is 0 Å². The Morgan fingerprint density at radius 3 is 2.76 bits per heavy atom. The quantitative estimate of drug-likeness (QED) is 0.634. The number of nitrogens with one attached hydrogen (secondary N) is 3. The predicted octanol–water partition coefficient (Wildman–Crippen LogP) is -0.293. The lowest BCUT2D eigenvalue weighted by molar-refractivity contribution is 0.121. The van der Waals surface area contributed by atoms with Crippen LogP contribution in [-0.4, -0.2) is 39.7 Å². The normalized spacial score (nSPS) is 20.5. The van der Waals surface area contributed by atoms with Crippen LogP contribution in [0, 0.1) is 0 Å². The Hall–Kier alpha value is -0.860. The van der Waals surface area contributed by atoms with Crippen LogP contribution >= 0.6 is 0 Å². The maximum Gasteiger partial charge on any atom is 0.422 e. The van der Waals surface area contributed by atoms with E-state index in [1.165, 1.54) is 0 Å². The van der Waals surface area contributed by atoms with E-state index < -0.39 is 16.3 Å². The number of hydrogen-bond donors (Lipinski definition) is 3. The molecule has 1 amide bonds. The highest BCUT2D eigenvalue weighted by molar-refractivity contribution is 7.88. The summed E-state index contributed by atoms with van der Waals surface area (Å²) in [6.07, 6.45) is 0.641. The van der Waals surface area contributed by atoms with Gasteiger partial charge in [0.05, 0.1) is 6.10 Å². The van der Waals surface area contributed by atoms with Gasteiger partial charge < -0.3 is 10.1 Å². The molecule has 17 heavy (non-hydrogen) atoms. The summed E-state index contributed by atoms with van der Waals surface area (Å²) in [7, 11) is -3.83. The summed E-state index contributed by atoms with van der Waals surface area (Å²) in [5, 5.41) is 3.14. The molecule has 1 saturated heterocycles. The van der Waals surface area contributed by atoms with E-state index in [-0.39, 0.29) is 18.7 Å². The Balaban J connectivity index is 2.32. The molecule has 1 aliphatic heterocycles. The standard InChI is InChI=1S/C9H19N3O4S/c1-7(2)16-9(13)12-17(14,15)11-6-8-4-3-5-10-8/h7-8,10-11H,3-6H2,1-2H3,(H,12,13). The molecule has 0 aliphatic carbocycles. The van der Waals surface area contributed by atoms with Crippen molar-refractivity contribution in [1.29, 1.82) is 0 Å². The highest BCUT2D eigenvalue weighted by Gasteiger charge is 2.19. The van der Waals surface area contributed by atoms with Gasteiger partial charge >= 0.3 is 16.3 Å². The predicted molar refractivity (Wildman–Crippen MR) is 62.7 cm³/mol. The third-order valence-electron chi connectivity index (χ3n) is 2.24. The van der Waals surface area contributed by atoms with Crippen molar-refractivity contribution in [3.05, 3.63) is 0 Å². The van der Waals surface area contributed by atoms with Crippen LogP contribution in [0.25, 0.3) is 0 Å². The van der Waals surface area contributed by atoms with Crippen molar-refractivity contribution in [3.8, 4) is 0 Å². The smallest absolute Gasteiger partial charge is 0.422 e. The number of hydrogen-bond acceptors (Lipinski definition) is 5. The maximum absolute atomic E-state index is 11.4. The van der Waals surface area contributed by atoms with Gasteiger partial charge in [-0.15, -0.1) is 0 Å². The second-order valence-corrected chi connectivity index (χ2v) is 5.70. The molecule has 1 rings (SSSR count). The van der Waals surface area contributed by atoms with Crippen LogP contribution in [0.5, 0.6) is 0 Å². The highest BCUT2D eigenvalue weighted by atomic mass is 32.2. The summed E-state index contributed by atoms with van der Waals surface area (Å²) in [4.78, 5) is 11.1. The van der Waals surface area contributed by atoms with E-state index in [0.29, 0.717) is 0 Å². The molecule has 1 unspecified atom stereocenters. The van der Waals surface area contributed by atoms with E-state index >= 15 is 0 Å². The molecule has 7 nitrogen and oxygen atoms in total. The van der Waals surface area contributed by atoms with Crippen LogP contribution in [0.15, 0.2) is 0 Å². The molecule has 0 radical (unpaired) electrons. The molecule has 0 bridgehead atoms. The summed E-state index contributed by atoms with van der Waals surface area (Å²) in [6, 6.07) is 0.132. The molecule has 100 valence electrons. The zero-order valence-electron chi connectivity index (χ0n) is 10.0. The molecular weight excluding hydrogens is 246 g/mol. The molecule has 0 aromatic rings. The van der Waals surface area contributed by atoms with Crippen LogP contribution in [0.1, 0.15) is 26.7 Å². The molecule has 3 N–H and O–H groups in total. The molecule has 1 atom stereocenters. The van der Waals surface area contributed by atoms with Crippen LogP contribution < -0.4 is 14.8 Å². The highest BCUT2D eigenvalue weighted by Crippen LogP contribution is 2.03. The summed E-state index contributed by atoms with van der Waals surface area (Å²) < 4.78 is 31.6. The molecule has 0 saturated carbocycles. The Kier molecular flexibility index (Phi) is 5.16. The van der Waals surface area contributed by atoms with Gasteiger partial charge in [-0.1, -0.05) is 0 Å². The minimum atomic E-state index is -3.83. The maximum atomic E-state index is 11.4. The number of ether oxygens (including phenoxy) is 1. The van der Waals surface area contributed by atoms with Crippen molar-refractivity contribution in [2.45, 2.75) is 38.8 Å². The van der Waals surface area contributed by atoms with Gasteiger partial charge in [0.1, 0.15) is 0 Å². The number of amides is 1. The fourth-order valence-corrected chi connectivity index (χ4v) is 2.29. The number of rotatable bonds is 5. The lowest BCUT2D eigenvalue weighted by atomic mass is 10.2. The zero-order valence-corrected chi connectivity index (χ0v) is 10.8. The topological polar surface area (TPSA) is 96.5 Å². The van der Waals surface area contributed by atoms with E-state index in [2.05, 4.69) is 14.8 Å². The molecule has 0 aromatic heterocycles. The molecule has 1 heterocycles. The van der Waals surface area contributed by atoms with Crippen LogP contribution in [0.4, 0.5) is 4.79 Å². The van der Waals surface area contributed by atoms with Gasteiger partial charge in [0.25, 0.3) is 0 Å². The van der Waals surface area contributed by atoms with Crippen molar-refractivity contribution in [3.63, 3.8) is 0 Å². The monoisotopic (exact) mass is 265 g/mol. The van der Waals surface area contributed by atoms with E-state index in [4.69, 9.17) is 0 Å². The first-order valence-corrected chi connectivity index (χ1v) is 7.09. The third kappa shape index (κ3) is 5.85. The fraction of sp³-hybridized carbons (Fsp3) is 0.889. The average Bonchev–Trinajstić information content (AvgIpc) is 2.64. The molecular formula is C9H19N3O4S. The first-order valence-electron chi connectivity index (χ1n) is 5.60. The molecule has 0 aromatic carbocycles. The van der Waals surface area contributed by atoms with Crippen molar-refractivity contribution < 1.29 is 17.9 Å². The van der Waals surface area contributed by atoms with Crippen molar-refractivity contribution in [1.82, 2.24) is 14.8 Å². The van der Waals surface area contributed by atoms with Crippen LogP contribution in [-0.2, 0) is 14.9 Å². The Labute approximate surface area is 101 Å². The first-order chi connectivity index (χ1) is 7.89. The van der Waals surface area contributed by atoms with Crippen molar-refractivity contribution in [2.24, 2.45) is 0 Å². The minimum Gasteiger partial charge on any atom is -0.446 e. The second kappa shape index (κ2) is 6.18. The van der Waals surface area contributed by atoms with Gasteiger partial charge in [-0.3, -0.25) is 0 Å². The van der Waals surface area contributed by atoms with Gasteiger partial charge in [0, 0.05) is 12.6 Å². The van der Waals surface area contributed by atoms with Gasteiger partial charge in [-0.05, 0) is 33.2 Å². The Morgan fingerprint density at radius 2 is 2.24 bits per heavy atom. The average molecular weight is 265 g/mol. The van der Waals surface area contributed by atoms with E-state index in [9.17, 15) is 13.2 Å². The first kappa shape index (κ1) is 14.2. The number of carbonyl (C=O) groups excluding carboxylic acids is 1. The SMILES string of the molecule is CC(C)OC(=O)NS(=O)(=O)NCC1CCCN1. The van der Waals surface area contributed by atoms with Gasteiger partial charge in [0.2, 0.25) is 0 Å². The lowest BCUT2D eigenvalue weighted by Crippen LogP contribution is -2.45. The fourth-order valence-electron chi connectivity index (χ4n) is 1.53. The van der Waals surface area contributed by atoms with Gasteiger partial charge in [-0.25, -0.2) is 9.52 Å². The molecule has 1 aliphatic rings. The summed E-state index contributed by atoms with van der Waals surface area (Å²) >= 11 is 0. The zero-order chi connectivity index (χ0) is 12.9. The summed E-state index contributed by atoms with van der Waals surface area (Å²) in [5.41, 5.74) is 0. The van der Waals surface area contributed by atoms with E-state index in [1.54, 1.807) is 18.6 Å². The number of carbonyl (C=O) groups is 1.